The number of fused-ring (bicyclic) bond motifs is 1. The zero-order valence-corrected chi connectivity index (χ0v) is 16.4. The van der Waals surface area contributed by atoms with Crippen molar-refractivity contribution >= 4 is 11.8 Å². The molecule has 1 saturated heterocycles. The summed E-state index contributed by atoms with van der Waals surface area (Å²) >= 11 is 0. The molecule has 31 heavy (non-hydrogen) atoms. The Balaban J connectivity index is 1.66. The lowest BCUT2D eigenvalue weighted by atomic mass is 9.92. The van der Waals surface area contributed by atoms with Crippen LogP contribution in [0.4, 0.5) is 13.2 Å². The van der Waals surface area contributed by atoms with Crippen molar-refractivity contribution in [2.75, 3.05) is 20.3 Å². The summed E-state index contributed by atoms with van der Waals surface area (Å²) in [4.78, 5) is 39.3. The van der Waals surface area contributed by atoms with Gasteiger partial charge in [-0.05, 0) is 6.42 Å². The first-order valence-corrected chi connectivity index (χ1v) is 9.38. The summed E-state index contributed by atoms with van der Waals surface area (Å²) in [6, 6.07) is 0.935. The zero-order chi connectivity index (χ0) is 22.5. The van der Waals surface area contributed by atoms with Gasteiger partial charge in [-0.2, -0.15) is 0 Å². The maximum atomic E-state index is 13.8. The second-order valence-electron chi connectivity index (χ2n) is 7.62. The molecule has 0 bridgehead atoms. The Kier molecular flexibility index (Phi) is 5.00. The Hall–Kier alpha value is -3.34. The highest BCUT2D eigenvalue weighted by Crippen LogP contribution is 2.34. The highest BCUT2D eigenvalue weighted by atomic mass is 19.1. The van der Waals surface area contributed by atoms with Gasteiger partial charge in [0.05, 0.1) is 12.1 Å². The van der Waals surface area contributed by atoms with Crippen LogP contribution in [0, 0.1) is 17.5 Å². The molecule has 0 saturated carbocycles. The number of likely N-dealkylation sites (N-methyl/N-ethyl adjacent to an activating group) is 1. The molecule has 3 heterocycles. The second-order valence-corrected chi connectivity index (χ2v) is 7.62. The third-order valence-corrected chi connectivity index (χ3v) is 5.80. The van der Waals surface area contributed by atoms with Gasteiger partial charge in [0.2, 0.25) is 5.43 Å². The summed E-state index contributed by atoms with van der Waals surface area (Å²) in [5, 5.41) is 12.5. The minimum absolute atomic E-state index is 0.180. The number of hydrogen-bond donors (Lipinski definition) is 2. The summed E-state index contributed by atoms with van der Waals surface area (Å²) in [6.07, 6.45) is 1.67. The van der Waals surface area contributed by atoms with Crippen molar-refractivity contribution in [2.45, 2.75) is 25.0 Å². The van der Waals surface area contributed by atoms with E-state index < -0.39 is 63.7 Å². The molecule has 0 aliphatic carbocycles. The van der Waals surface area contributed by atoms with Crippen molar-refractivity contribution in [2.24, 2.45) is 0 Å². The van der Waals surface area contributed by atoms with Gasteiger partial charge in [-0.3, -0.25) is 14.4 Å². The molecule has 2 aliphatic rings. The Bertz CT molecular complexity index is 1130. The molecule has 1 aromatic heterocycles. The van der Waals surface area contributed by atoms with Crippen LogP contribution in [-0.4, -0.2) is 52.2 Å². The third-order valence-electron chi connectivity index (χ3n) is 5.80. The van der Waals surface area contributed by atoms with Crippen molar-refractivity contribution in [1.82, 2.24) is 14.8 Å². The van der Waals surface area contributed by atoms with E-state index in [4.69, 9.17) is 4.74 Å². The minimum Gasteiger partial charge on any atom is -0.503 e. The topological polar surface area (TPSA) is 101 Å². The van der Waals surface area contributed by atoms with Crippen LogP contribution in [0.2, 0.25) is 0 Å². The number of pyridine rings is 1. The average molecular weight is 437 g/mol. The molecule has 1 aromatic carbocycles. The minimum atomic E-state index is -1.19. The SMILES string of the molecule is CN1C(=O)c2c(O)c(=O)c(C(=O)NCc3c(F)cc(F)cc3F)cn2CC12CCOC2. The number of ether oxygens (including phenoxy) is 1. The first-order valence-electron chi connectivity index (χ1n) is 9.38. The number of amides is 2. The average Bonchev–Trinajstić information content (AvgIpc) is 3.17. The number of hydrogen-bond acceptors (Lipinski definition) is 5. The standard InChI is InChI=1S/C20H18F3N3O5/c1-25-19(30)15-17(28)16(27)12(7-26(15)8-20(25)2-3-31-9-20)18(29)24-6-11-13(22)4-10(21)5-14(11)23/h4-5,7,28H,2-3,6,8-9H2,1H3,(H,24,29). The van der Waals surface area contributed by atoms with Gasteiger partial charge in [0.25, 0.3) is 11.8 Å². The van der Waals surface area contributed by atoms with E-state index >= 15 is 0 Å². The first kappa shape index (κ1) is 20.9. The van der Waals surface area contributed by atoms with Crippen LogP contribution in [0.3, 0.4) is 0 Å². The predicted octanol–water partition coefficient (Wildman–Crippen LogP) is 1.15. The Morgan fingerprint density at radius 3 is 2.55 bits per heavy atom. The van der Waals surface area contributed by atoms with E-state index in [0.29, 0.717) is 25.2 Å². The van der Waals surface area contributed by atoms with E-state index in [2.05, 4.69) is 5.32 Å². The predicted molar refractivity (Wildman–Crippen MR) is 100 cm³/mol. The molecular formula is C20H18F3N3O5. The van der Waals surface area contributed by atoms with E-state index in [9.17, 15) is 32.7 Å². The normalized spacial score (nSPS) is 20.3. The number of halogens is 3. The van der Waals surface area contributed by atoms with E-state index in [1.807, 2.05) is 0 Å². The highest BCUT2D eigenvalue weighted by molar-refractivity contribution is 5.99. The lowest BCUT2D eigenvalue weighted by molar-refractivity contribution is 0.0344. The number of carbonyl (C=O) groups excluding carboxylic acids is 2. The molecule has 1 unspecified atom stereocenters. The molecule has 2 amide bonds. The van der Waals surface area contributed by atoms with Gasteiger partial charge in [0, 0.05) is 50.6 Å². The Morgan fingerprint density at radius 2 is 1.94 bits per heavy atom. The lowest BCUT2D eigenvalue weighted by Gasteiger charge is -2.42. The van der Waals surface area contributed by atoms with Gasteiger partial charge in [-0.25, -0.2) is 13.2 Å². The summed E-state index contributed by atoms with van der Waals surface area (Å²) < 4.78 is 47.4. The van der Waals surface area contributed by atoms with Crippen LogP contribution in [-0.2, 0) is 17.8 Å². The van der Waals surface area contributed by atoms with Gasteiger partial charge >= 0.3 is 0 Å². The smallest absolute Gasteiger partial charge is 0.274 e. The summed E-state index contributed by atoms with van der Waals surface area (Å²) in [5.74, 6) is -5.99. The molecule has 8 nitrogen and oxygen atoms in total. The van der Waals surface area contributed by atoms with Gasteiger partial charge in [0.1, 0.15) is 23.0 Å². The van der Waals surface area contributed by atoms with Gasteiger partial charge in [0.15, 0.2) is 11.4 Å². The largest absolute Gasteiger partial charge is 0.503 e. The summed E-state index contributed by atoms with van der Waals surface area (Å²) in [5.41, 5.74) is -3.12. The fourth-order valence-corrected chi connectivity index (χ4v) is 3.95. The fourth-order valence-electron chi connectivity index (χ4n) is 3.95. The van der Waals surface area contributed by atoms with Crippen LogP contribution in [0.15, 0.2) is 23.1 Å². The van der Waals surface area contributed by atoms with Gasteiger partial charge in [-0.1, -0.05) is 0 Å². The molecule has 11 heteroatoms. The molecule has 1 spiro atoms. The summed E-state index contributed by atoms with van der Waals surface area (Å²) in [7, 11) is 1.55. The molecule has 1 fully saturated rings. The van der Waals surface area contributed by atoms with Crippen molar-refractivity contribution < 1.29 is 32.6 Å². The highest BCUT2D eigenvalue weighted by Gasteiger charge is 2.47. The van der Waals surface area contributed by atoms with Crippen molar-refractivity contribution in [3.8, 4) is 5.75 Å². The first-order chi connectivity index (χ1) is 14.6. The maximum Gasteiger partial charge on any atom is 0.274 e. The van der Waals surface area contributed by atoms with Gasteiger partial charge in [-0.15, -0.1) is 0 Å². The molecule has 164 valence electrons. The molecule has 1 atom stereocenters. The molecular weight excluding hydrogens is 419 g/mol. The van der Waals surface area contributed by atoms with Crippen molar-refractivity contribution in [3.05, 3.63) is 62.8 Å². The Morgan fingerprint density at radius 1 is 1.26 bits per heavy atom. The number of nitrogens with one attached hydrogen (secondary N) is 1. The monoisotopic (exact) mass is 437 g/mol. The number of nitrogens with zero attached hydrogens (tertiary/aromatic N) is 2. The molecule has 4 rings (SSSR count). The van der Waals surface area contributed by atoms with Crippen LogP contribution in [0.25, 0.3) is 0 Å². The molecule has 2 N–H and O–H groups in total. The number of aromatic nitrogens is 1. The number of carbonyl (C=O) groups is 2. The maximum absolute atomic E-state index is 13.8. The molecule has 2 aromatic rings. The molecule has 0 radical (unpaired) electrons. The van der Waals surface area contributed by atoms with Crippen molar-refractivity contribution in [3.63, 3.8) is 0 Å². The van der Waals surface area contributed by atoms with E-state index in [1.54, 1.807) is 7.05 Å². The van der Waals surface area contributed by atoms with E-state index in [1.165, 1.54) is 9.47 Å². The van der Waals surface area contributed by atoms with E-state index in [0.717, 1.165) is 6.20 Å². The van der Waals surface area contributed by atoms with Crippen LogP contribution >= 0.6 is 0 Å². The van der Waals surface area contributed by atoms with Crippen LogP contribution < -0.4 is 10.7 Å². The van der Waals surface area contributed by atoms with Gasteiger partial charge < -0.3 is 24.6 Å². The zero-order valence-electron chi connectivity index (χ0n) is 16.4. The Labute approximate surface area is 173 Å². The third kappa shape index (κ3) is 3.34. The quantitative estimate of drug-likeness (QED) is 0.750. The van der Waals surface area contributed by atoms with Crippen molar-refractivity contribution in [1.29, 1.82) is 0 Å². The fraction of sp³-hybridized carbons (Fsp3) is 0.350. The lowest BCUT2D eigenvalue weighted by Crippen LogP contribution is -2.57. The molecule has 2 aliphatic heterocycles. The number of aromatic hydroxyl groups is 1. The number of benzene rings is 1. The van der Waals surface area contributed by atoms with Crippen LogP contribution in [0.5, 0.6) is 5.75 Å². The van der Waals surface area contributed by atoms with E-state index in [-0.39, 0.29) is 18.8 Å². The van der Waals surface area contributed by atoms with Crippen LogP contribution in [0.1, 0.15) is 32.8 Å². The summed E-state index contributed by atoms with van der Waals surface area (Å²) in [6.45, 7) is 0.214. The number of rotatable bonds is 3. The second kappa shape index (κ2) is 7.41.